The molecular formula is C10H19NO3. The molecule has 0 unspecified atom stereocenters. The van der Waals surface area contributed by atoms with Crippen LogP contribution in [0.4, 0.5) is 0 Å². The Balaban J connectivity index is 2.74. The van der Waals surface area contributed by atoms with Crippen molar-refractivity contribution in [2.75, 3.05) is 19.7 Å². The number of ether oxygens (including phenoxy) is 1. The van der Waals surface area contributed by atoms with Gasteiger partial charge in [0, 0.05) is 18.6 Å². The number of rotatable bonds is 1. The molecule has 1 saturated heterocycles. The van der Waals surface area contributed by atoms with Gasteiger partial charge in [0.05, 0.1) is 6.61 Å². The van der Waals surface area contributed by atoms with Crippen LogP contribution in [-0.2, 0) is 9.53 Å². The molecule has 82 valence electrons. The number of aliphatic carboxylic acids is 1. The number of carboxylic acid groups (broad SMARTS) is 1. The molecule has 0 amide bonds. The molecule has 4 nitrogen and oxygen atoms in total. The Hall–Kier alpha value is -0.610. The van der Waals surface area contributed by atoms with Gasteiger partial charge in [-0.25, -0.2) is 4.79 Å². The van der Waals surface area contributed by atoms with Crippen LogP contribution in [0.15, 0.2) is 0 Å². The zero-order chi connectivity index (χ0) is 11.0. The molecule has 1 N–H and O–H groups in total. The van der Waals surface area contributed by atoms with Crippen molar-refractivity contribution < 1.29 is 14.6 Å². The maximum atomic E-state index is 11.0. The first-order valence-corrected chi connectivity index (χ1v) is 4.88. The van der Waals surface area contributed by atoms with Crippen molar-refractivity contribution in [2.24, 2.45) is 0 Å². The van der Waals surface area contributed by atoms with Crippen molar-refractivity contribution in [3.63, 3.8) is 0 Å². The monoisotopic (exact) mass is 201 g/mol. The molecule has 1 atom stereocenters. The van der Waals surface area contributed by atoms with Gasteiger partial charge in [0.2, 0.25) is 0 Å². The van der Waals surface area contributed by atoms with E-state index in [0.717, 1.165) is 6.54 Å². The molecule has 0 aliphatic carbocycles. The molecule has 0 radical (unpaired) electrons. The standard InChI is InChI=1S/C10H19NO3/c1-9(2,3)11-5-6-14-10(4,7-11)8(12)13/h5-7H2,1-4H3,(H,12,13)/t10-/m1/s1. The second-order valence-electron chi connectivity index (χ2n) is 4.98. The highest BCUT2D eigenvalue weighted by Crippen LogP contribution is 2.23. The maximum absolute atomic E-state index is 11.0. The van der Waals surface area contributed by atoms with Crippen molar-refractivity contribution in [3.05, 3.63) is 0 Å². The minimum absolute atomic E-state index is 0.000486. The van der Waals surface area contributed by atoms with E-state index in [1.165, 1.54) is 0 Å². The van der Waals surface area contributed by atoms with Gasteiger partial charge in [-0.15, -0.1) is 0 Å². The molecule has 0 saturated carbocycles. The van der Waals surface area contributed by atoms with Gasteiger partial charge in [-0.05, 0) is 27.7 Å². The lowest BCUT2D eigenvalue weighted by atomic mass is 9.98. The topological polar surface area (TPSA) is 49.8 Å². The SMILES string of the molecule is CC(C)(C)N1CCO[C@@](C)(C(=O)O)C1. The normalized spacial score (nSPS) is 30.3. The van der Waals surface area contributed by atoms with E-state index in [9.17, 15) is 4.79 Å². The van der Waals surface area contributed by atoms with E-state index in [1.54, 1.807) is 6.92 Å². The van der Waals surface area contributed by atoms with Gasteiger partial charge < -0.3 is 9.84 Å². The molecule has 1 rings (SSSR count). The number of nitrogens with zero attached hydrogens (tertiary/aromatic N) is 1. The fourth-order valence-electron chi connectivity index (χ4n) is 1.57. The van der Waals surface area contributed by atoms with Crippen LogP contribution in [0.1, 0.15) is 27.7 Å². The summed E-state index contributed by atoms with van der Waals surface area (Å²) in [6.45, 7) is 9.62. The summed E-state index contributed by atoms with van der Waals surface area (Å²) in [5.41, 5.74) is -1.05. The van der Waals surface area contributed by atoms with E-state index in [4.69, 9.17) is 9.84 Å². The number of carboxylic acids is 1. The second kappa shape index (κ2) is 3.51. The molecule has 1 aliphatic rings. The van der Waals surface area contributed by atoms with E-state index < -0.39 is 11.6 Å². The molecular weight excluding hydrogens is 182 g/mol. The third-order valence-corrected chi connectivity index (χ3v) is 2.68. The number of hydrogen-bond donors (Lipinski definition) is 1. The average Bonchev–Trinajstić information content (AvgIpc) is 2.02. The van der Waals surface area contributed by atoms with Gasteiger partial charge in [-0.1, -0.05) is 0 Å². The Kier molecular flexibility index (Phi) is 2.88. The zero-order valence-corrected chi connectivity index (χ0v) is 9.33. The first kappa shape index (κ1) is 11.5. The van der Waals surface area contributed by atoms with Crippen LogP contribution in [0.3, 0.4) is 0 Å². The molecule has 1 aliphatic heterocycles. The van der Waals surface area contributed by atoms with Gasteiger partial charge in [0.25, 0.3) is 0 Å². The zero-order valence-electron chi connectivity index (χ0n) is 9.33. The highest BCUT2D eigenvalue weighted by atomic mass is 16.5. The Morgan fingerprint density at radius 2 is 2.07 bits per heavy atom. The smallest absolute Gasteiger partial charge is 0.337 e. The van der Waals surface area contributed by atoms with Gasteiger partial charge >= 0.3 is 5.97 Å². The number of morpholine rings is 1. The summed E-state index contributed by atoms with van der Waals surface area (Å²) in [4.78, 5) is 13.1. The van der Waals surface area contributed by atoms with Crippen molar-refractivity contribution in [1.82, 2.24) is 4.90 Å². The van der Waals surface area contributed by atoms with Crippen molar-refractivity contribution >= 4 is 5.97 Å². The Morgan fingerprint density at radius 1 is 1.50 bits per heavy atom. The van der Waals surface area contributed by atoms with E-state index >= 15 is 0 Å². The van der Waals surface area contributed by atoms with Crippen LogP contribution in [0, 0.1) is 0 Å². The lowest BCUT2D eigenvalue weighted by molar-refractivity contribution is -0.178. The third kappa shape index (κ3) is 2.25. The highest BCUT2D eigenvalue weighted by molar-refractivity contribution is 5.77. The largest absolute Gasteiger partial charge is 0.479 e. The molecule has 0 spiro atoms. The van der Waals surface area contributed by atoms with Gasteiger partial charge in [0.1, 0.15) is 0 Å². The molecule has 14 heavy (non-hydrogen) atoms. The molecule has 0 aromatic heterocycles. The summed E-state index contributed by atoms with van der Waals surface area (Å²) in [6, 6.07) is 0. The quantitative estimate of drug-likeness (QED) is 0.686. The fraction of sp³-hybridized carbons (Fsp3) is 0.900. The summed E-state index contributed by atoms with van der Waals surface area (Å²) in [5, 5.41) is 9.03. The van der Waals surface area contributed by atoms with Crippen molar-refractivity contribution in [1.29, 1.82) is 0 Å². The fourth-order valence-corrected chi connectivity index (χ4v) is 1.57. The van der Waals surface area contributed by atoms with E-state index in [1.807, 2.05) is 0 Å². The van der Waals surface area contributed by atoms with Gasteiger partial charge in [-0.3, -0.25) is 4.90 Å². The number of hydrogen-bond acceptors (Lipinski definition) is 3. The van der Waals surface area contributed by atoms with Crippen LogP contribution in [0.5, 0.6) is 0 Å². The van der Waals surface area contributed by atoms with E-state index in [2.05, 4.69) is 25.7 Å². The summed E-state index contributed by atoms with van der Waals surface area (Å²) < 4.78 is 5.31. The van der Waals surface area contributed by atoms with Crippen molar-refractivity contribution in [2.45, 2.75) is 38.8 Å². The van der Waals surface area contributed by atoms with Crippen LogP contribution in [0.25, 0.3) is 0 Å². The molecule has 4 heteroatoms. The third-order valence-electron chi connectivity index (χ3n) is 2.68. The molecule has 1 heterocycles. The minimum Gasteiger partial charge on any atom is -0.479 e. The molecule has 0 bridgehead atoms. The predicted molar refractivity (Wildman–Crippen MR) is 53.3 cm³/mol. The Morgan fingerprint density at radius 3 is 2.50 bits per heavy atom. The molecule has 0 aromatic rings. The number of carbonyl (C=O) groups is 1. The Bertz CT molecular complexity index is 234. The van der Waals surface area contributed by atoms with Crippen LogP contribution in [0.2, 0.25) is 0 Å². The lowest BCUT2D eigenvalue weighted by Crippen LogP contribution is -2.59. The summed E-state index contributed by atoms with van der Waals surface area (Å²) >= 11 is 0. The van der Waals surface area contributed by atoms with Crippen LogP contribution < -0.4 is 0 Å². The lowest BCUT2D eigenvalue weighted by Gasteiger charge is -2.44. The van der Waals surface area contributed by atoms with Crippen molar-refractivity contribution in [3.8, 4) is 0 Å². The molecule has 1 fully saturated rings. The summed E-state index contributed by atoms with van der Waals surface area (Å²) in [6.07, 6.45) is 0. The highest BCUT2D eigenvalue weighted by Gasteiger charge is 2.41. The van der Waals surface area contributed by atoms with Gasteiger partial charge in [0.15, 0.2) is 5.60 Å². The maximum Gasteiger partial charge on any atom is 0.337 e. The second-order valence-corrected chi connectivity index (χ2v) is 4.98. The van der Waals surface area contributed by atoms with Crippen LogP contribution >= 0.6 is 0 Å². The summed E-state index contributed by atoms with van der Waals surface area (Å²) in [5.74, 6) is -0.883. The van der Waals surface area contributed by atoms with Crippen LogP contribution in [-0.4, -0.2) is 46.8 Å². The summed E-state index contributed by atoms with van der Waals surface area (Å²) in [7, 11) is 0. The molecule has 0 aromatic carbocycles. The predicted octanol–water partition coefficient (Wildman–Crippen LogP) is 0.960. The first-order chi connectivity index (χ1) is 6.26. The van der Waals surface area contributed by atoms with Gasteiger partial charge in [-0.2, -0.15) is 0 Å². The minimum atomic E-state index is -1.05. The van der Waals surface area contributed by atoms with E-state index in [0.29, 0.717) is 13.2 Å². The average molecular weight is 201 g/mol. The van der Waals surface area contributed by atoms with E-state index in [-0.39, 0.29) is 5.54 Å². The Labute approximate surface area is 84.8 Å². The first-order valence-electron chi connectivity index (χ1n) is 4.88.